The van der Waals surface area contributed by atoms with E-state index in [4.69, 9.17) is 5.73 Å². The van der Waals surface area contributed by atoms with Gasteiger partial charge < -0.3 is 10.3 Å². The number of pyridine rings is 1. The molecule has 4 heteroatoms. The molecule has 2 heterocycles. The van der Waals surface area contributed by atoms with Gasteiger partial charge in [-0.3, -0.25) is 4.98 Å². The lowest BCUT2D eigenvalue weighted by molar-refractivity contribution is 0.786. The minimum Gasteiger partial charge on any atom is -0.399 e. The van der Waals surface area contributed by atoms with E-state index in [2.05, 4.69) is 20.6 Å². The van der Waals surface area contributed by atoms with Gasteiger partial charge in [0.25, 0.3) is 0 Å². The van der Waals surface area contributed by atoms with Crippen molar-refractivity contribution in [2.24, 2.45) is 7.05 Å². The number of nitrogen functional groups attached to an aromatic ring is 1. The average Bonchev–Trinajstić information content (AvgIpc) is 2.74. The van der Waals surface area contributed by atoms with Crippen molar-refractivity contribution in [3.8, 4) is 0 Å². The number of aromatic nitrogens is 3. The van der Waals surface area contributed by atoms with E-state index in [0.717, 1.165) is 35.4 Å². The summed E-state index contributed by atoms with van der Waals surface area (Å²) in [6.07, 6.45) is 5.47. The molecule has 1 aromatic carbocycles. The van der Waals surface area contributed by atoms with Crippen LogP contribution in [0, 0.1) is 0 Å². The van der Waals surface area contributed by atoms with Gasteiger partial charge in [-0.15, -0.1) is 0 Å². The fraction of sp³-hybridized carbons (Fsp3) is 0.200. The summed E-state index contributed by atoms with van der Waals surface area (Å²) in [5.41, 5.74) is 9.92. The number of anilines is 1. The molecule has 0 fully saturated rings. The molecule has 3 aromatic rings. The number of imidazole rings is 1. The van der Waals surface area contributed by atoms with Gasteiger partial charge in [-0.05, 0) is 30.2 Å². The third-order valence-corrected chi connectivity index (χ3v) is 3.36. The van der Waals surface area contributed by atoms with Crippen LogP contribution in [0.3, 0.4) is 0 Å². The molecule has 0 bridgehead atoms. The number of nitrogens with zero attached hydrogens (tertiary/aromatic N) is 3. The smallest absolute Gasteiger partial charge is 0.109 e. The Balaban J connectivity index is 1.84. The molecule has 0 saturated heterocycles. The minimum absolute atomic E-state index is 0.812. The lowest BCUT2D eigenvalue weighted by Gasteiger charge is -2.03. The number of fused-ring (bicyclic) bond motifs is 1. The maximum absolute atomic E-state index is 5.79. The summed E-state index contributed by atoms with van der Waals surface area (Å²) in [6.45, 7) is 0. The van der Waals surface area contributed by atoms with Crippen molar-refractivity contribution < 1.29 is 0 Å². The quantitative estimate of drug-likeness (QED) is 0.728. The molecule has 96 valence electrons. The number of hydrogen-bond acceptors (Lipinski definition) is 3. The van der Waals surface area contributed by atoms with Gasteiger partial charge in [0.1, 0.15) is 5.82 Å². The Kier molecular flexibility index (Phi) is 2.91. The fourth-order valence-electron chi connectivity index (χ4n) is 2.31. The summed E-state index contributed by atoms with van der Waals surface area (Å²) in [5.74, 6) is 1.07. The highest BCUT2D eigenvalue weighted by molar-refractivity contribution is 5.74. The first-order chi connectivity index (χ1) is 9.24. The van der Waals surface area contributed by atoms with Gasteiger partial charge >= 0.3 is 0 Å². The van der Waals surface area contributed by atoms with Crippen LogP contribution in [0.5, 0.6) is 0 Å². The summed E-state index contributed by atoms with van der Waals surface area (Å²) in [6, 6.07) is 9.96. The fourth-order valence-corrected chi connectivity index (χ4v) is 2.31. The van der Waals surface area contributed by atoms with Crippen LogP contribution < -0.4 is 5.73 Å². The van der Waals surface area contributed by atoms with Crippen LogP contribution in [0.1, 0.15) is 11.4 Å². The molecular weight excluding hydrogens is 236 g/mol. The molecule has 0 aliphatic rings. The number of rotatable bonds is 3. The zero-order valence-electron chi connectivity index (χ0n) is 10.9. The Morgan fingerprint density at radius 2 is 2.11 bits per heavy atom. The molecular formula is C15H16N4. The zero-order chi connectivity index (χ0) is 13.2. The first kappa shape index (κ1) is 11.7. The molecule has 0 amide bonds. The Morgan fingerprint density at radius 3 is 2.89 bits per heavy atom. The monoisotopic (exact) mass is 252 g/mol. The molecule has 0 atom stereocenters. The Labute approximate surface area is 111 Å². The second kappa shape index (κ2) is 4.72. The van der Waals surface area contributed by atoms with Gasteiger partial charge in [0.05, 0.1) is 17.2 Å². The molecule has 0 radical (unpaired) electrons. The predicted octanol–water partition coefficient (Wildman–Crippen LogP) is 2.34. The number of aryl methyl sites for hydroxylation is 3. The lowest BCUT2D eigenvalue weighted by atomic mass is 10.1. The molecule has 4 nitrogen and oxygen atoms in total. The number of hydrogen-bond donors (Lipinski definition) is 1. The van der Waals surface area contributed by atoms with E-state index < -0.39 is 0 Å². The molecule has 0 aliphatic carbocycles. The van der Waals surface area contributed by atoms with Gasteiger partial charge in [-0.2, -0.15) is 0 Å². The lowest BCUT2D eigenvalue weighted by Crippen LogP contribution is -2.00. The SMILES string of the molecule is Cn1c(CCc2cccc(N)c2)nc2ccncc21. The summed E-state index contributed by atoms with van der Waals surface area (Å²) in [4.78, 5) is 8.78. The zero-order valence-corrected chi connectivity index (χ0v) is 10.9. The first-order valence-corrected chi connectivity index (χ1v) is 6.34. The van der Waals surface area contributed by atoms with Crippen molar-refractivity contribution >= 4 is 16.7 Å². The largest absolute Gasteiger partial charge is 0.399 e. The van der Waals surface area contributed by atoms with Crippen molar-refractivity contribution in [1.29, 1.82) is 0 Å². The van der Waals surface area contributed by atoms with E-state index in [-0.39, 0.29) is 0 Å². The van der Waals surface area contributed by atoms with Crippen LogP contribution in [-0.4, -0.2) is 14.5 Å². The average molecular weight is 252 g/mol. The summed E-state index contributed by atoms with van der Waals surface area (Å²) in [7, 11) is 2.03. The van der Waals surface area contributed by atoms with Crippen LogP contribution >= 0.6 is 0 Å². The molecule has 0 unspecified atom stereocenters. The van der Waals surface area contributed by atoms with Gasteiger partial charge in [0.2, 0.25) is 0 Å². The van der Waals surface area contributed by atoms with E-state index in [0.29, 0.717) is 0 Å². The second-order valence-electron chi connectivity index (χ2n) is 4.70. The number of nitrogens with two attached hydrogens (primary N) is 1. The van der Waals surface area contributed by atoms with Gasteiger partial charge in [-0.25, -0.2) is 4.98 Å². The van der Waals surface area contributed by atoms with Crippen molar-refractivity contribution in [3.63, 3.8) is 0 Å². The highest BCUT2D eigenvalue weighted by atomic mass is 15.1. The molecule has 0 aliphatic heterocycles. The van der Waals surface area contributed by atoms with Gasteiger partial charge in [0, 0.05) is 25.4 Å². The Bertz CT molecular complexity index is 715. The molecule has 3 rings (SSSR count). The van der Waals surface area contributed by atoms with Crippen molar-refractivity contribution in [2.45, 2.75) is 12.8 Å². The highest BCUT2D eigenvalue weighted by Crippen LogP contribution is 2.15. The Hall–Kier alpha value is -2.36. The normalized spacial score (nSPS) is 11.0. The van der Waals surface area contributed by atoms with E-state index >= 15 is 0 Å². The standard InChI is InChI=1S/C15H16N4/c1-19-14-10-17-8-7-13(14)18-15(19)6-5-11-3-2-4-12(16)9-11/h2-4,7-10H,5-6,16H2,1H3. The van der Waals surface area contributed by atoms with Crippen LogP contribution in [0.25, 0.3) is 11.0 Å². The molecule has 0 saturated carbocycles. The number of benzene rings is 1. The van der Waals surface area contributed by atoms with Gasteiger partial charge in [-0.1, -0.05) is 12.1 Å². The molecule has 19 heavy (non-hydrogen) atoms. The van der Waals surface area contributed by atoms with Crippen molar-refractivity contribution in [2.75, 3.05) is 5.73 Å². The van der Waals surface area contributed by atoms with Crippen LogP contribution in [-0.2, 0) is 19.9 Å². The summed E-state index contributed by atoms with van der Waals surface area (Å²) in [5, 5.41) is 0. The molecule has 0 spiro atoms. The van der Waals surface area contributed by atoms with E-state index in [1.165, 1.54) is 5.56 Å². The van der Waals surface area contributed by atoms with Crippen molar-refractivity contribution in [1.82, 2.24) is 14.5 Å². The van der Waals surface area contributed by atoms with E-state index in [9.17, 15) is 0 Å². The second-order valence-corrected chi connectivity index (χ2v) is 4.70. The molecule has 2 N–H and O–H groups in total. The summed E-state index contributed by atoms with van der Waals surface area (Å²) < 4.78 is 2.11. The molecule has 2 aromatic heterocycles. The topological polar surface area (TPSA) is 56.7 Å². The maximum Gasteiger partial charge on any atom is 0.109 e. The van der Waals surface area contributed by atoms with Crippen LogP contribution in [0.2, 0.25) is 0 Å². The maximum atomic E-state index is 5.79. The predicted molar refractivity (Wildman–Crippen MR) is 76.8 cm³/mol. The first-order valence-electron chi connectivity index (χ1n) is 6.34. The summed E-state index contributed by atoms with van der Waals surface area (Å²) >= 11 is 0. The van der Waals surface area contributed by atoms with Crippen molar-refractivity contribution in [3.05, 3.63) is 54.1 Å². The minimum atomic E-state index is 0.812. The van der Waals surface area contributed by atoms with Crippen LogP contribution in [0.4, 0.5) is 5.69 Å². The van der Waals surface area contributed by atoms with E-state index in [1.807, 2.05) is 37.5 Å². The van der Waals surface area contributed by atoms with Gasteiger partial charge in [0.15, 0.2) is 0 Å². The highest BCUT2D eigenvalue weighted by Gasteiger charge is 2.07. The Morgan fingerprint density at radius 1 is 1.21 bits per heavy atom. The van der Waals surface area contributed by atoms with E-state index in [1.54, 1.807) is 6.20 Å². The third kappa shape index (κ3) is 2.29. The van der Waals surface area contributed by atoms with Crippen LogP contribution in [0.15, 0.2) is 42.7 Å². The third-order valence-electron chi connectivity index (χ3n) is 3.36.